The van der Waals surface area contributed by atoms with Crippen molar-refractivity contribution in [2.45, 2.75) is 32.0 Å². The van der Waals surface area contributed by atoms with Crippen molar-refractivity contribution in [2.24, 2.45) is 0 Å². The molecule has 0 radical (unpaired) electrons. The smallest absolute Gasteiger partial charge is 0.475 e. The number of rotatable bonds is 10. The molecular formula is C29H29F3N6O3. The molecule has 0 aliphatic rings. The van der Waals surface area contributed by atoms with E-state index >= 15 is 0 Å². The van der Waals surface area contributed by atoms with E-state index in [0.29, 0.717) is 24.7 Å². The Morgan fingerprint density at radius 2 is 1.56 bits per heavy atom. The largest absolute Gasteiger partial charge is 0.490 e. The van der Waals surface area contributed by atoms with E-state index in [9.17, 15) is 18.0 Å². The van der Waals surface area contributed by atoms with Gasteiger partial charge in [-0.2, -0.15) is 18.2 Å². The lowest BCUT2D eigenvalue weighted by Crippen LogP contribution is -2.37. The summed E-state index contributed by atoms with van der Waals surface area (Å²) in [5, 5.41) is 16.7. The van der Waals surface area contributed by atoms with E-state index in [4.69, 9.17) is 9.90 Å². The number of carbonyl (C=O) groups is 2. The van der Waals surface area contributed by atoms with Crippen LogP contribution in [-0.2, 0) is 22.4 Å². The number of pyridine rings is 1. The fourth-order valence-electron chi connectivity index (χ4n) is 3.56. The SMILES string of the molecule is Cc1cc(N[C@@H](Cc2ccccc2)C(=O)Nc2ccccc2)nc(NCCc2ccccn2)n1.O=C(O)C(F)(F)F. The Kier molecular flexibility index (Phi) is 11.1. The van der Waals surface area contributed by atoms with E-state index in [1.807, 2.05) is 91.9 Å². The highest BCUT2D eigenvalue weighted by molar-refractivity contribution is 5.96. The van der Waals surface area contributed by atoms with E-state index in [2.05, 4.69) is 30.9 Å². The molecule has 1 atom stereocenters. The van der Waals surface area contributed by atoms with Crippen molar-refractivity contribution in [3.63, 3.8) is 0 Å². The summed E-state index contributed by atoms with van der Waals surface area (Å²) in [4.78, 5) is 35.5. The Labute approximate surface area is 234 Å². The second-order valence-corrected chi connectivity index (χ2v) is 8.76. The van der Waals surface area contributed by atoms with Crippen LogP contribution in [0.2, 0.25) is 0 Å². The van der Waals surface area contributed by atoms with Crippen LogP contribution in [0, 0.1) is 6.92 Å². The molecule has 9 nitrogen and oxygen atoms in total. The molecule has 0 aliphatic carbocycles. The molecule has 4 aromatic rings. The van der Waals surface area contributed by atoms with Gasteiger partial charge in [0.1, 0.15) is 11.9 Å². The number of aromatic nitrogens is 3. The summed E-state index contributed by atoms with van der Waals surface area (Å²) >= 11 is 0. The Bertz CT molecular complexity index is 1390. The topological polar surface area (TPSA) is 129 Å². The zero-order valence-electron chi connectivity index (χ0n) is 22.1. The fraction of sp³-hybridized carbons (Fsp3) is 0.207. The second kappa shape index (κ2) is 15.0. The molecule has 0 saturated carbocycles. The number of halogens is 3. The summed E-state index contributed by atoms with van der Waals surface area (Å²) in [5.74, 6) is -1.78. The standard InChI is InChI=1S/C27H28N6O.C2HF3O2/c1-20-18-25(33-27(30-20)29-17-15-22-12-8-9-16-28-22)32-24(19-21-10-4-2-5-11-21)26(34)31-23-13-6-3-7-14-23;3-2(4,5)1(6)7/h2-14,16,18,24H,15,17,19H2,1H3,(H,31,34)(H2,29,30,32,33);(H,6,7)/t24-;/m0./s1. The fourth-order valence-corrected chi connectivity index (χ4v) is 3.56. The first kappa shape index (κ1) is 30.5. The normalized spacial score (nSPS) is 11.4. The number of hydrogen-bond donors (Lipinski definition) is 4. The van der Waals surface area contributed by atoms with Crippen LogP contribution in [0.25, 0.3) is 0 Å². The average molecular weight is 567 g/mol. The molecule has 0 aliphatic heterocycles. The van der Waals surface area contributed by atoms with Gasteiger partial charge in [0, 0.05) is 48.7 Å². The van der Waals surface area contributed by atoms with Crippen LogP contribution in [0.3, 0.4) is 0 Å². The first-order chi connectivity index (χ1) is 19.6. The van der Waals surface area contributed by atoms with E-state index in [0.717, 1.165) is 29.1 Å². The molecule has 0 saturated heterocycles. The zero-order chi connectivity index (χ0) is 29.7. The molecule has 1 amide bonds. The number of aliphatic carboxylic acids is 1. The maximum absolute atomic E-state index is 13.2. The van der Waals surface area contributed by atoms with Crippen LogP contribution < -0.4 is 16.0 Å². The third-order valence-corrected chi connectivity index (χ3v) is 5.45. The van der Waals surface area contributed by atoms with Crippen molar-refractivity contribution in [1.82, 2.24) is 15.0 Å². The van der Waals surface area contributed by atoms with Gasteiger partial charge in [-0.15, -0.1) is 0 Å². The Morgan fingerprint density at radius 1 is 0.927 bits per heavy atom. The van der Waals surface area contributed by atoms with Crippen LogP contribution in [0.1, 0.15) is 17.0 Å². The molecule has 12 heteroatoms. The van der Waals surface area contributed by atoms with Crippen molar-refractivity contribution < 1.29 is 27.9 Å². The van der Waals surface area contributed by atoms with Gasteiger partial charge >= 0.3 is 12.1 Å². The number of carbonyl (C=O) groups excluding carboxylic acids is 1. The molecule has 41 heavy (non-hydrogen) atoms. The molecule has 0 fully saturated rings. The first-order valence-corrected chi connectivity index (χ1v) is 12.6. The number of benzene rings is 2. The summed E-state index contributed by atoms with van der Waals surface area (Å²) < 4.78 is 31.7. The number of hydrogen-bond acceptors (Lipinski definition) is 7. The molecule has 0 bridgehead atoms. The number of carboxylic acid groups (broad SMARTS) is 1. The van der Waals surface area contributed by atoms with Crippen LogP contribution >= 0.6 is 0 Å². The van der Waals surface area contributed by atoms with Crippen molar-refractivity contribution in [3.8, 4) is 0 Å². The van der Waals surface area contributed by atoms with E-state index < -0.39 is 18.2 Å². The molecule has 2 aromatic carbocycles. The molecule has 0 unspecified atom stereocenters. The third-order valence-electron chi connectivity index (χ3n) is 5.45. The van der Waals surface area contributed by atoms with Crippen molar-refractivity contribution in [1.29, 1.82) is 0 Å². The third kappa shape index (κ3) is 10.9. The predicted molar refractivity (Wildman–Crippen MR) is 150 cm³/mol. The van der Waals surface area contributed by atoms with Gasteiger partial charge in [-0.1, -0.05) is 54.6 Å². The van der Waals surface area contributed by atoms with Crippen LogP contribution in [0.4, 0.5) is 30.6 Å². The number of nitrogens with one attached hydrogen (secondary N) is 3. The van der Waals surface area contributed by atoms with Crippen LogP contribution in [0.15, 0.2) is 91.1 Å². The molecule has 214 valence electrons. The minimum absolute atomic E-state index is 0.129. The van der Waals surface area contributed by atoms with Gasteiger partial charge in [-0.05, 0) is 36.8 Å². The number of amides is 1. The molecule has 2 aromatic heterocycles. The number of alkyl halides is 3. The minimum Gasteiger partial charge on any atom is -0.475 e. The average Bonchev–Trinajstić information content (AvgIpc) is 2.94. The predicted octanol–water partition coefficient (Wildman–Crippen LogP) is 5.13. The zero-order valence-corrected chi connectivity index (χ0v) is 22.1. The summed E-state index contributed by atoms with van der Waals surface area (Å²) in [6, 6.07) is 26.6. The lowest BCUT2D eigenvalue weighted by atomic mass is 10.0. The first-order valence-electron chi connectivity index (χ1n) is 12.6. The van der Waals surface area contributed by atoms with E-state index in [1.54, 1.807) is 6.20 Å². The minimum atomic E-state index is -5.08. The van der Waals surface area contributed by atoms with Crippen molar-refractivity contribution >= 4 is 29.3 Å². The summed E-state index contributed by atoms with van der Waals surface area (Å²) in [6.07, 6.45) is -2.02. The Morgan fingerprint density at radius 3 is 2.17 bits per heavy atom. The monoisotopic (exact) mass is 566 g/mol. The van der Waals surface area contributed by atoms with Crippen LogP contribution in [-0.4, -0.2) is 50.7 Å². The summed E-state index contributed by atoms with van der Waals surface area (Å²) in [7, 11) is 0. The number of para-hydroxylation sites is 1. The maximum atomic E-state index is 13.2. The maximum Gasteiger partial charge on any atom is 0.490 e. The highest BCUT2D eigenvalue weighted by Crippen LogP contribution is 2.16. The molecule has 4 N–H and O–H groups in total. The highest BCUT2D eigenvalue weighted by Gasteiger charge is 2.38. The molecule has 0 spiro atoms. The Balaban J connectivity index is 0.000000587. The van der Waals surface area contributed by atoms with E-state index in [1.165, 1.54) is 0 Å². The van der Waals surface area contributed by atoms with Crippen LogP contribution in [0.5, 0.6) is 0 Å². The number of anilines is 3. The Hall–Kier alpha value is -5.00. The molecule has 2 heterocycles. The van der Waals surface area contributed by atoms with Gasteiger partial charge in [0.2, 0.25) is 11.9 Å². The number of carboxylic acids is 1. The molecule has 4 rings (SSSR count). The highest BCUT2D eigenvalue weighted by atomic mass is 19.4. The lowest BCUT2D eigenvalue weighted by Gasteiger charge is -2.20. The number of aryl methyl sites for hydroxylation is 1. The van der Waals surface area contributed by atoms with Gasteiger partial charge in [0.25, 0.3) is 0 Å². The number of nitrogens with zero attached hydrogens (tertiary/aromatic N) is 3. The van der Waals surface area contributed by atoms with Gasteiger partial charge in [-0.3, -0.25) is 9.78 Å². The van der Waals surface area contributed by atoms with E-state index in [-0.39, 0.29) is 5.91 Å². The summed E-state index contributed by atoms with van der Waals surface area (Å²) in [5.41, 5.74) is 3.62. The molecular weight excluding hydrogens is 537 g/mol. The van der Waals surface area contributed by atoms with Gasteiger partial charge < -0.3 is 21.1 Å². The van der Waals surface area contributed by atoms with Crippen molar-refractivity contribution in [2.75, 3.05) is 22.5 Å². The lowest BCUT2D eigenvalue weighted by molar-refractivity contribution is -0.192. The summed E-state index contributed by atoms with van der Waals surface area (Å²) in [6.45, 7) is 2.56. The van der Waals surface area contributed by atoms with Gasteiger partial charge in [-0.25, -0.2) is 9.78 Å². The van der Waals surface area contributed by atoms with Gasteiger partial charge in [0.15, 0.2) is 0 Å². The quantitative estimate of drug-likeness (QED) is 0.208. The van der Waals surface area contributed by atoms with Crippen molar-refractivity contribution in [3.05, 3.63) is 108 Å². The van der Waals surface area contributed by atoms with Gasteiger partial charge in [0.05, 0.1) is 0 Å². The second-order valence-electron chi connectivity index (χ2n) is 8.76.